The van der Waals surface area contributed by atoms with Crippen molar-refractivity contribution in [3.8, 4) is 0 Å². The van der Waals surface area contributed by atoms with E-state index in [-0.39, 0.29) is 16.4 Å². The molecule has 0 atom stereocenters. The number of amides is 1. The maximum atomic E-state index is 13.6. The Morgan fingerprint density at radius 2 is 1.85 bits per heavy atom. The number of Topliss-reactive ketones (excluding diaryl/α,β-unsaturated/α-hetero) is 1. The molecule has 26 heavy (non-hydrogen) atoms. The van der Waals surface area contributed by atoms with Crippen molar-refractivity contribution in [3.05, 3.63) is 70.5 Å². The van der Waals surface area contributed by atoms with Crippen LogP contribution in [0.2, 0.25) is 5.02 Å². The van der Waals surface area contributed by atoms with Gasteiger partial charge in [0.1, 0.15) is 5.82 Å². The van der Waals surface area contributed by atoms with Gasteiger partial charge in [0, 0.05) is 22.9 Å². The number of anilines is 1. The Kier molecular flexibility index (Phi) is 6.63. The standard InChI is InChI=1S/C19H15ClFNO4/c1-12(23)13-5-7-14(8-6-13)22-18(24)11-26-19(25)10-9-15-16(20)3-2-4-17(15)21/h2-10H,11H2,1H3,(H,22,24)/b10-9+. The highest BCUT2D eigenvalue weighted by atomic mass is 35.5. The van der Waals surface area contributed by atoms with Crippen LogP contribution in [0.25, 0.3) is 6.08 Å². The predicted octanol–water partition coefficient (Wildman–Crippen LogP) is 3.88. The third-order valence-corrected chi connectivity index (χ3v) is 3.64. The summed E-state index contributed by atoms with van der Waals surface area (Å²) in [5.74, 6) is -2.02. The van der Waals surface area contributed by atoms with Crippen molar-refractivity contribution in [1.29, 1.82) is 0 Å². The maximum absolute atomic E-state index is 13.6. The highest BCUT2D eigenvalue weighted by molar-refractivity contribution is 6.32. The number of carbonyl (C=O) groups excluding carboxylic acids is 3. The minimum Gasteiger partial charge on any atom is -0.452 e. The molecule has 2 aromatic carbocycles. The quantitative estimate of drug-likeness (QED) is 0.472. The van der Waals surface area contributed by atoms with Gasteiger partial charge in [0.15, 0.2) is 12.4 Å². The number of carbonyl (C=O) groups is 3. The third kappa shape index (κ3) is 5.53. The summed E-state index contributed by atoms with van der Waals surface area (Å²) >= 11 is 5.83. The van der Waals surface area contributed by atoms with Gasteiger partial charge in [-0.15, -0.1) is 0 Å². The lowest BCUT2D eigenvalue weighted by Crippen LogP contribution is -2.20. The third-order valence-electron chi connectivity index (χ3n) is 3.31. The van der Waals surface area contributed by atoms with Gasteiger partial charge in [-0.25, -0.2) is 9.18 Å². The van der Waals surface area contributed by atoms with E-state index in [0.29, 0.717) is 11.3 Å². The van der Waals surface area contributed by atoms with Crippen LogP contribution in [0.1, 0.15) is 22.8 Å². The topological polar surface area (TPSA) is 72.5 Å². The molecule has 2 rings (SSSR count). The van der Waals surface area contributed by atoms with Crippen LogP contribution in [0.4, 0.5) is 10.1 Å². The molecule has 7 heteroatoms. The molecule has 0 aliphatic heterocycles. The molecule has 0 saturated heterocycles. The molecule has 2 aromatic rings. The molecule has 1 amide bonds. The van der Waals surface area contributed by atoms with Crippen molar-refractivity contribution in [2.24, 2.45) is 0 Å². The lowest BCUT2D eigenvalue weighted by Gasteiger charge is -2.06. The first-order valence-corrected chi connectivity index (χ1v) is 7.94. The molecule has 0 bridgehead atoms. The maximum Gasteiger partial charge on any atom is 0.331 e. The fourth-order valence-corrected chi connectivity index (χ4v) is 2.22. The van der Waals surface area contributed by atoms with Crippen LogP contribution >= 0.6 is 11.6 Å². The zero-order valence-electron chi connectivity index (χ0n) is 13.8. The largest absolute Gasteiger partial charge is 0.452 e. The van der Waals surface area contributed by atoms with Crippen molar-refractivity contribution in [3.63, 3.8) is 0 Å². The van der Waals surface area contributed by atoms with E-state index in [9.17, 15) is 18.8 Å². The van der Waals surface area contributed by atoms with Crippen molar-refractivity contribution >= 4 is 41.0 Å². The average Bonchev–Trinajstić information content (AvgIpc) is 2.60. The van der Waals surface area contributed by atoms with E-state index in [1.165, 1.54) is 31.2 Å². The molecule has 0 spiro atoms. The smallest absolute Gasteiger partial charge is 0.331 e. The van der Waals surface area contributed by atoms with Crippen LogP contribution in [0.15, 0.2) is 48.5 Å². The average molecular weight is 376 g/mol. The molecule has 0 fully saturated rings. The van der Waals surface area contributed by atoms with Crippen LogP contribution in [0, 0.1) is 5.82 Å². The van der Waals surface area contributed by atoms with E-state index < -0.39 is 24.3 Å². The molecule has 0 unspecified atom stereocenters. The Morgan fingerprint density at radius 1 is 1.15 bits per heavy atom. The van der Waals surface area contributed by atoms with Gasteiger partial charge in [-0.2, -0.15) is 0 Å². The summed E-state index contributed by atoms with van der Waals surface area (Å²) in [5.41, 5.74) is 1.04. The summed E-state index contributed by atoms with van der Waals surface area (Å²) in [6.07, 6.45) is 2.16. The Hall–Kier alpha value is -2.99. The zero-order chi connectivity index (χ0) is 19.1. The number of ketones is 1. The van der Waals surface area contributed by atoms with Gasteiger partial charge >= 0.3 is 5.97 Å². The highest BCUT2D eigenvalue weighted by Gasteiger charge is 2.08. The summed E-state index contributed by atoms with van der Waals surface area (Å²) in [7, 11) is 0. The highest BCUT2D eigenvalue weighted by Crippen LogP contribution is 2.20. The number of nitrogens with one attached hydrogen (secondary N) is 1. The number of hydrogen-bond donors (Lipinski definition) is 1. The van der Waals surface area contributed by atoms with Gasteiger partial charge in [0.2, 0.25) is 0 Å². The fraction of sp³-hybridized carbons (Fsp3) is 0.105. The van der Waals surface area contributed by atoms with E-state index in [1.54, 1.807) is 24.3 Å². The zero-order valence-corrected chi connectivity index (χ0v) is 14.5. The first kappa shape index (κ1) is 19.3. The van der Waals surface area contributed by atoms with Crippen molar-refractivity contribution in [2.45, 2.75) is 6.92 Å². The molecule has 0 heterocycles. The number of ether oxygens (including phenoxy) is 1. The van der Waals surface area contributed by atoms with Gasteiger partial charge < -0.3 is 10.1 Å². The summed E-state index contributed by atoms with van der Waals surface area (Å²) in [6, 6.07) is 10.4. The monoisotopic (exact) mass is 375 g/mol. The molecular formula is C19H15ClFNO4. The van der Waals surface area contributed by atoms with Gasteiger partial charge in [0.05, 0.1) is 5.02 Å². The van der Waals surface area contributed by atoms with Gasteiger partial charge in [0.25, 0.3) is 5.91 Å². The molecule has 0 aliphatic carbocycles. The molecule has 0 aromatic heterocycles. The van der Waals surface area contributed by atoms with E-state index >= 15 is 0 Å². The Bertz CT molecular complexity index is 842. The van der Waals surface area contributed by atoms with Crippen molar-refractivity contribution < 1.29 is 23.5 Å². The second-order valence-corrected chi connectivity index (χ2v) is 5.67. The number of benzene rings is 2. The van der Waals surface area contributed by atoms with E-state index in [1.807, 2.05) is 0 Å². The van der Waals surface area contributed by atoms with E-state index in [4.69, 9.17) is 16.3 Å². The normalized spacial score (nSPS) is 10.6. The number of hydrogen-bond acceptors (Lipinski definition) is 4. The lowest BCUT2D eigenvalue weighted by atomic mass is 10.1. The molecular weight excluding hydrogens is 361 g/mol. The second-order valence-electron chi connectivity index (χ2n) is 5.26. The number of esters is 1. The second kappa shape index (κ2) is 8.92. The fourth-order valence-electron chi connectivity index (χ4n) is 1.99. The van der Waals surface area contributed by atoms with E-state index in [0.717, 1.165) is 6.08 Å². The van der Waals surface area contributed by atoms with Crippen molar-refractivity contribution in [1.82, 2.24) is 0 Å². The summed E-state index contributed by atoms with van der Waals surface area (Å²) in [5, 5.41) is 2.68. The first-order chi connectivity index (χ1) is 12.4. The summed E-state index contributed by atoms with van der Waals surface area (Å²) in [4.78, 5) is 34.6. The molecule has 134 valence electrons. The van der Waals surface area contributed by atoms with Crippen LogP contribution in [-0.2, 0) is 14.3 Å². The number of rotatable bonds is 6. The minimum absolute atomic E-state index is 0.0566. The van der Waals surface area contributed by atoms with Gasteiger partial charge in [-0.05, 0) is 49.4 Å². The Labute approximate surface area is 154 Å². The van der Waals surface area contributed by atoms with Crippen LogP contribution < -0.4 is 5.32 Å². The molecule has 0 radical (unpaired) electrons. The van der Waals surface area contributed by atoms with Gasteiger partial charge in [-0.3, -0.25) is 9.59 Å². The SMILES string of the molecule is CC(=O)c1ccc(NC(=O)COC(=O)/C=C/c2c(F)cccc2Cl)cc1. The minimum atomic E-state index is -0.814. The van der Waals surface area contributed by atoms with Crippen molar-refractivity contribution in [2.75, 3.05) is 11.9 Å². The van der Waals surface area contributed by atoms with Crippen LogP contribution in [0.5, 0.6) is 0 Å². The molecule has 5 nitrogen and oxygen atoms in total. The Morgan fingerprint density at radius 3 is 2.46 bits per heavy atom. The summed E-state index contributed by atoms with van der Waals surface area (Å²) in [6.45, 7) is 0.928. The lowest BCUT2D eigenvalue weighted by molar-refractivity contribution is -0.142. The predicted molar refractivity (Wildman–Crippen MR) is 96.5 cm³/mol. The van der Waals surface area contributed by atoms with E-state index in [2.05, 4.69) is 5.32 Å². The molecule has 0 saturated carbocycles. The molecule has 0 aliphatic rings. The van der Waals surface area contributed by atoms with Gasteiger partial charge in [-0.1, -0.05) is 17.7 Å². The van der Waals surface area contributed by atoms with Crippen LogP contribution in [0.3, 0.4) is 0 Å². The Balaban J connectivity index is 1.86. The number of halogens is 2. The molecule has 1 N–H and O–H groups in total. The first-order valence-electron chi connectivity index (χ1n) is 7.56. The summed E-state index contributed by atoms with van der Waals surface area (Å²) < 4.78 is 18.3. The van der Waals surface area contributed by atoms with Crippen LogP contribution in [-0.4, -0.2) is 24.3 Å².